The molecule has 0 aliphatic carbocycles. The minimum atomic E-state index is -0.221. The summed E-state index contributed by atoms with van der Waals surface area (Å²) in [5.74, 6) is 0.709. The number of para-hydroxylation sites is 2. The highest BCUT2D eigenvalue weighted by molar-refractivity contribution is 5.79. The molecule has 0 saturated heterocycles. The van der Waals surface area contributed by atoms with Gasteiger partial charge in [-0.05, 0) is 42.8 Å². The number of fused-ring (bicyclic) bond motifs is 1. The average molecular weight is 252 g/mol. The molecule has 0 saturated carbocycles. The van der Waals surface area contributed by atoms with Crippen molar-refractivity contribution >= 4 is 23.3 Å². The zero-order chi connectivity index (χ0) is 13.2. The van der Waals surface area contributed by atoms with Crippen LogP contribution in [0.4, 0.5) is 4.39 Å². The van der Waals surface area contributed by atoms with Crippen LogP contribution in [-0.4, -0.2) is 9.55 Å². The number of halogens is 1. The number of aromatic nitrogens is 2. The van der Waals surface area contributed by atoms with E-state index in [2.05, 4.69) is 4.98 Å². The molecule has 0 atom stereocenters. The van der Waals surface area contributed by atoms with Gasteiger partial charge < -0.3 is 4.57 Å². The average Bonchev–Trinajstić information content (AvgIpc) is 2.74. The summed E-state index contributed by atoms with van der Waals surface area (Å²) in [7, 11) is 0. The zero-order valence-electron chi connectivity index (χ0n) is 10.5. The molecule has 0 aliphatic heterocycles. The van der Waals surface area contributed by atoms with Gasteiger partial charge in [-0.15, -0.1) is 0 Å². The Morgan fingerprint density at radius 1 is 1.05 bits per heavy atom. The number of imidazole rings is 1. The largest absolute Gasteiger partial charge is 0.303 e. The fraction of sp³-hybridized carbons (Fsp3) is 0.0625. The van der Waals surface area contributed by atoms with Gasteiger partial charge in [0.05, 0.1) is 11.0 Å². The van der Waals surface area contributed by atoms with Crippen LogP contribution in [0, 0.1) is 12.7 Å². The lowest BCUT2D eigenvalue weighted by Gasteiger charge is -1.99. The van der Waals surface area contributed by atoms with Crippen LogP contribution < -0.4 is 0 Å². The topological polar surface area (TPSA) is 17.8 Å². The van der Waals surface area contributed by atoms with Gasteiger partial charge >= 0.3 is 0 Å². The highest BCUT2D eigenvalue weighted by Crippen LogP contribution is 2.16. The van der Waals surface area contributed by atoms with Gasteiger partial charge in [-0.1, -0.05) is 24.3 Å². The summed E-state index contributed by atoms with van der Waals surface area (Å²) in [6.45, 7) is 1.97. The quantitative estimate of drug-likeness (QED) is 0.671. The predicted octanol–water partition coefficient (Wildman–Crippen LogP) is 4.11. The van der Waals surface area contributed by atoms with Gasteiger partial charge in [0.1, 0.15) is 11.6 Å². The summed E-state index contributed by atoms with van der Waals surface area (Å²) < 4.78 is 14.9. The van der Waals surface area contributed by atoms with E-state index in [-0.39, 0.29) is 5.82 Å². The van der Waals surface area contributed by atoms with Crippen molar-refractivity contribution in [3.8, 4) is 0 Å². The molecule has 0 N–H and O–H groups in total. The standard InChI is InChI=1S/C16H13FN2/c1-12-18-15-4-2-3-5-16(15)19(12)11-10-13-6-8-14(17)9-7-13/h2-11H,1H3/b11-10-. The van der Waals surface area contributed by atoms with Crippen LogP contribution >= 0.6 is 0 Å². The summed E-state index contributed by atoms with van der Waals surface area (Å²) in [5.41, 5.74) is 3.00. The van der Waals surface area contributed by atoms with E-state index in [1.807, 2.05) is 48.0 Å². The molecule has 0 aliphatic rings. The Labute approximate surface area is 110 Å². The van der Waals surface area contributed by atoms with Crippen molar-refractivity contribution in [1.82, 2.24) is 9.55 Å². The highest BCUT2D eigenvalue weighted by Gasteiger charge is 2.03. The number of rotatable bonds is 2. The lowest BCUT2D eigenvalue weighted by Crippen LogP contribution is -1.89. The Hall–Kier alpha value is -2.42. The van der Waals surface area contributed by atoms with Gasteiger partial charge in [-0.2, -0.15) is 0 Å². The molecule has 94 valence electrons. The SMILES string of the molecule is Cc1nc2ccccc2n1/C=C\c1ccc(F)cc1. The van der Waals surface area contributed by atoms with Crippen LogP contribution in [0.15, 0.2) is 48.5 Å². The van der Waals surface area contributed by atoms with E-state index >= 15 is 0 Å². The number of nitrogens with zero attached hydrogens (tertiary/aromatic N) is 2. The molecule has 0 spiro atoms. The molecule has 0 bridgehead atoms. The molecule has 2 aromatic carbocycles. The second-order valence-corrected chi connectivity index (χ2v) is 4.39. The lowest BCUT2D eigenvalue weighted by atomic mass is 10.2. The molecule has 0 amide bonds. The van der Waals surface area contributed by atoms with Crippen molar-refractivity contribution in [1.29, 1.82) is 0 Å². The van der Waals surface area contributed by atoms with Crippen LogP contribution in [0.25, 0.3) is 23.3 Å². The van der Waals surface area contributed by atoms with Gasteiger partial charge in [-0.3, -0.25) is 0 Å². The Kier molecular flexibility index (Phi) is 2.88. The van der Waals surface area contributed by atoms with Gasteiger partial charge in [0.15, 0.2) is 0 Å². The van der Waals surface area contributed by atoms with E-state index in [1.54, 1.807) is 12.1 Å². The molecule has 1 heterocycles. The molecule has 3 heteroatoms. The summed E-state index contributed by atoms with van der Waals surface area (Å²) >= 11 is 0. The molecule has 1 aromatic heterocycles. The molecule has 3 aromatic rings. The second kappa shape index (κ2) is 4.69. The van der Waals surface area contributed by atoms with Crippen LogP contribution in [-0.2, 0) is 0 Å². The Morgan fingerprint density at radius 3 is 2.58 bits per heavy atom. The predicted molar refractivity (Wildman–Crippen MR) is 76.1 cm³/mol. The van der Waals surface area contributed by atoms with Crippen LogP contribution in [0.3, 0.4) is 0 Å². The third-order valence-corrected chi connectivity index (χ3v) is 3.06. The van der Waals surface area contributed by atoms with Gasteiger partial charge in [0.25, 0.3) is 0 Å². The van der Waals surface area contributed by atoms with E-state index < -0.39 is 0 Å². The molecule has 2 nitrogen and oxygen atoms in total. The van der Waals surface area contributed by atoms with Crippen molar-refractivity contribution in [2.75, 3.05) is 0 Å². The lowest BCUT2D eigenvalue weighted by molar-refractivity contribution is 0.628. The summed E-state index contributed by atoms with van der Waals surface area (Å²) in [4.78, 5) is 4.49. The van der Waals surface area contributed by atoms with E-state index in [4.69, 9.17) is 0 Å². The Balaban J connectivity index is 2.01. The fourth-order valence-electron chi connectivity index (χ4n) is 2.09. The number of aryl methyl sites for hydroxylation is 1. The smallest absolute Gasteiger partial charge is 0.123 e. The first-order valence-electron chi connectivity index (χ1n) is 6.11. The Bertz CT molecular complexity index is 739. The van der Waals surface area contributed by atoms with E-state index in [0.717, 1.165) is 22.4 Å². The van der Waals surface area contributed by atoms with Crippen LogP contribution in [0.1, 0.15) is 11.4 Å². The maximum atomic E-state index is 12.8. The van der Waals surface area contributed by atoms with E-state index in [9.17, 15) is 4.39 Å². The monoisotopic (exact) mass is 252 g/mol. The van der Waals surface area contributed by atoms with Crippen molar-refractivity contribution in [3.63, 3.8) is 0 Å². The van der Waals surface area contributed by atoms with Gasteiger partial charge in [0.2, 0.25) is 0 Å². The summed E-state index contributed by atoms with van der Waals surface area (Å²) in [6, 6.07) is 14.4. The second-order valence-electron chi connectivity index (χ2n) is 4.39. The molecule has 0 radical (unpaired) electrons. The van der Waals surface area contributed by atoms with E-state index in [0.29, 0.717) is 0 Å². The minimum Gasteiger partial charge on any atom is -0.303 e. The molecular weight excluding hydrogens is 239 g/mol. The molecular formula is C16H13FN2. The minimum absolute atomic E-state index is 0.221. The van der Waals surface area contributed by atoms with Crippen molar-refractivity contribution in [2.45, 2.75) is 6.92 Å². The maximum Gasteiger partial charge on any atom is 0.123 e. The molecule has 3 rings (SSSR count). The van der Waals surface area contributed by atoms with E-state index in [1.165, 1.54) is 12.1 Å². The number of hydrogen-bond donors (Lipinski definition) is 0. The van der Waals surface area contributed by atoms with Crippen molar-refractivity contribution in [3.05, 3.63) is 65.7 Å². The van der Waals surface area contributed by atoms with Crippen molar-refractivity contribution < 1.29 is 4.39 Å². The van der Waals surface area contributed by atoms with Gasteiger partial charge in [-0.25, -0.2) is 9.37 Å². The first-order valence-corrected chi connectivity index (χ1v) is 6.11. The number of hydrogen-bond acceptors (Lipinski definition) is 1. The first kappa shape index (κ1) is 11.7. The third kappa shape index (κ3) is 2.27. The van der Waals surface area contributed by atoms with Crippen LogP contribution in [0.5, 0.6) is 0 Å². The normalized spacial score (nSPS) is 11.5. The maximum absolute atomic E-state index is 12.8. The fourth-order valence-corrected chi connectivity index (χ4v) is 2.09. The van der Waals surface area contributed by atoms with Crippen molar-refractivity contribution in [2.24, 2.45) is 0 Å². The first-order chi connectivity index (χ1) is 9.24. The molecule has 19 heavy (non-hydrogen) atoms. The highest BCUT2D eigenvalue weighted by atomic mass is 19.1. The Morgan fingerprint density at radius 2 is 1.79 bits per heavy atom. The summed E-state index contributed by atoms with van der Waals surface area (Å²) in [6.07, 6.45) is 3.90. The third-order valence-electron chi connectivity index (χ3n) is 3.06. The van der Waals surface area contributed by atoms with Gasteiger partial charge in [0, 0.05) is 6.20 Å². The zero-order valence-corrected chi connectivity index (χ0v) is 10.5. The van der Waals surface area contributed by atoms with Crippen LogP contribution in [0.2, 0.25) is 0 Å². The summed E-state index contributed by atoms with van der Waals surface area (Å²) in [5, 5.41) is 0. The molecule has 0 fully saturated rings. The molecule has 0 unspecified atom stereocenters. The number of benzene rings is 2.